The van der Waals surface area contributed by atoms with Gasteiger partial charge < -0.3 is 10.6 Å². The van der Waals surface area contributed by atoms with Gasteiger partial charge in [-0.25, -0.2) is 0 Å². The van der Waals surface area contributed by atoms with Gasteiger partial charge in [0.1, 0.15) is 0 Å². The van der Waals surface area contributed by atoms with Gasteiger partial charge in [0.2, 0.25) is 0 Å². The molecule has 1 aromatic carbocycles. The van der Waals surface area contributed by atoms with E-state index in [-0.39, 0.29) is 5.78 Å². The first kappa shape index (κ1) is 18.4. The predicted molar refractivity (Wildman–Crippen MR) is 102 cm³/mol. The first-order valence-corrected chi connectivity index (χ1v) is 8.52. The average molecular weight is 365 g/mol. The Balaban J connectivity index is 1.78. The third-order valence-corrected chi connectivity index (χ3v) is 4.45. The first-order valence-electron chi connectivity index (χ1n) is 7.74. The van der Waals surface area contributed by atoms with Crippen LogP contribution >= 0.6 is 23.8 Å². The van der Waals surface area contributed by atoms with Crippen molar-refractivity contribution in [1.82, 2.24) is 15.1 Å². The molecule has 0 bridgehead atoms. The topological polar surface area (TPSA) is 59.0 Å². The number of nitrogens with zero attached hydrogens (tertiary/aromatic N) is 2. The van der Waals surface area contributed by atoms with E-state index >= 15 is 0 Å². The lowest BCUT2D eigenvalue weighted by molar-refractivity contribution is 0.101. The van der Waals surface area contributed by atoms with E-state index in [1.165, 1.54) is 0 Å². The summed E-state index contributed by atoms with van der Waals surface area (Å²) < 4.78 is 1.91. The highest BCUT2D eigenvalue weighted by Gasteiger charge is 2.08. The van der Waals surface area contributed by atoms with E-state index in [2.05, 4.69) is 15.7 Å². The fourth-order valence-electron chi connectivity index (χ4n) is 2.31. The lowest BCUT2D eigenvalue weighted by Crippen LogP contribution is -2.30. The lowest BCUT2D eigenvalue weighted by atomic mass is 10.1. The molecule has 0 saturated heterocycles. The van der Waals surface area contributed by atoms with E-state index in [1.807, 2.05) is 30.7 Å². The van der Waals surface area contributed by atoms with Gasteiger partial charge in [-0.1, -0.05) is 23.7 Å². The standard InChI is InChI=1S/C17H21ClN4OS/c1-11-16(18)12(2)22(21-11)9-5-8-19-17(24)20-15-7-4-6-14(10-15)13(3)23/h4,6-7,10H,5,8-9H2,1-3H3,(H2,19,20,24). The van der Waals surface area contributed by atoms with Crippen molar-refractivity contribution < 1.29 is 4.79 Å². The smallest absolute Gasteiger partial charge is 0.170 e. The number of carbonyl (C=O) groups excluding carboxylic acids is 1. The SMILES string of the molecule is CC(=O)c1cccc(NC(=S)NCCCn2nc(C)c(Cl)c2C)c1. The molecular weight excluding hydrogens is 344 g/mol. The summed E-state index contributed by atoms with van der Waals surface area (Å²) in [7, 11) is 0. The molecule has 1 heterocycles. The van der Waals surface area contributed by atoms with Crippen LogP contribution in [0.25, 0.3) is 0 Å². The Hall–Kier alpha value is -1.92. The molecule has 5 nitrogen and oxygen atoms in total. The number of ketones is 1. The van der Waals surface area contributed by atoms with E-state index < -0.39 is 0 Å². The van der Waals surface area contributed by atoms with Crippen molar-refractivity contribution in [3.63, 3.8) is 0 Å². The highest BCUT2D eigenvalue weighted by Crippen LogP contribution is 2.18. The summed E-state index contributed by atoms with van der Waals surface area (Å²) in [4.78, 5) is 11.4. The molecule has 7 heteroatoms. The van der Waals surface area contributed by atoms with Gasteiger partial charge in [0.15, 0.2) is 10.9 Å². The number of carbonyl (C=O) groups is 1. The van der Waals surface area contributed by atoms with Crippen LogP contribution < -0.4 is 10.6 Å². The van der Waals surface area contributed by atoms with Crippen molar-refractivity contribution in [2.75, 3.05) is 11.9 Å². The first-order chi connectivity index (χ1) is 11.4. The van der Waals surface area contributed by atoms with Crippen LogP contribution in [0.3, 0.4) is 0 Å². The number of nitrogens with one attached hydrogen (secondary N) is 2. The average Bonchev–Trinajstić information content (AvgIpc) is 2.79. The van der Waals surface area contributed by atoms with Crippen molar-refractivity contribution in [3.8, 4) is 0 Å². The summed E-state index contributed by atoms with van der Waals surface area (Å²) in [5.74, 6) is 0.0288. The number of hydrogen-bond donors (Lipinski definition) is 2. The molecule has 24 heavy (non-hydrogen) atoms. The molecule has 2 aromatic rings. The predicted octanol–water partition coefficient (Wildman–Crippen LogP) is 3.73. The second kappa shape index (κ2) is 8.26. The molecule has 0 radical (unpaired) electrons. The Morgan fingerprint density at radius 1 is 1.38 bits per heavy atom. The van der Waals surface area contributed by atoms with Crippen molar-refractivity contribution in [3.05, 3.63) is 46.2 Å². The number of hydrogen-bond acceptors (Lipinski definition) is 3. The molecule has 2 rings (SSSR count). The Kier molecular flexibility index (Phi) is 6.34. The van der Waals surface area contributed by atoms with E-state index in [4.69, 9.17) is 23.8 Å². The minimum absolute atomic E-state index is 0.0288. The van der Waals surface area contributed by atoms with Crippen LogP contribution in [0.15, 0.2) is 24.3 Å². The highest BCUT2D eigenvalue weighted by molar-refractivity contribution is 7.80. The van der Waals surface area contributed by atoms with E-state index in [9.17, 15) is 4.79 Å². The van der Waals surface area contributed by atoms with Gasteiger partial charge in [0.25, 0.3) is 0 Å². The summed E-state index contributed by atoms with van der Waals surface area (Å²) in [5, 5.41) is 11.9. The Morgan fingerprint density at radius 3 is 2.75 bits per heavy atom. The van der Waals surface area contributed by atoms with Crippen LogP contribution in [0.4, 0.5) is 5.69 Å². The number of rotatable bonds is 6. The molecule has 0 unspecified atom stereocenters. The second-order valence-electron chi connectivity index (χ2n) is 5.58. The molecule has 0 saturated carbocycles. The Labute approximate surface area is 152 Å². The fourth-order valence-corrected chi connectivity index (χ4v) is 2.67. The molecule has 0 amide bonds. The Bertz CT molecular complexity index is 757. The molecule has 0 fully saturated rings. The maximum atomic E-state index is 11.4. The molecule has 0 atom stereocenters. The summed E-state index contributed by atoms with van der Waals surface area (Å²) in [6.45, 7) is 6.90. The van der Waals surface area contributed by atoms with E-state index in [0.29, 0.717) is 17.2 Å². The molecular formula is C17H21ClN4OS. The monoisotopic (exact) mass is 364 g/mol. The normalized spacial score (nSPS) is 10.5. The number of aryl methyl sites for hydroxylation is 2. The number of aromatic nitrogens is 2. The molecule has 128 valence electrons. The van der Waals surface area contributed by atoms with Crippen LogP contribution in [0, 0.1) is 13.8 Å². The molecule has 0 spiro atoms. The quantitative estimate of drug-likeness (QED) is 0.464. The largest absolute Gasteiger partial charge is 0.362 e. The van der Waals surface area contributed by atoms with Gasteiger partial charge in [-0.05, 0) is 51.5 Å². The maximum absolute atomic E-state index is 11.4. The highest BCUT2D eigenvalue weighted by atomic mass is 35.5. The number of anilines is 1. The molecule has 0 aliphatic heterocycles. The third kappa shape index (κ3) is 4.79. The maximum Gasteiger partial charge on any atom is 0.170 e. The molecule has 1 aromatic heterocycles. The van der Waals surface area contributed by atoms with Gasteiger partial charge >= 0.3 is 0 Å². The summed E-state index contributed by atoms with van der Waals surface area (Å²) in [6.07, 6.45) is 0.869. The number of thiocarbonyl (C=S) groups is 1. The van der Waals surface area contributed by atoms with Gasteiger partial charge in [-0.2, -0.15) is 5.10 Å². The van der Waals surface area contributed by atoms with Gasteiger partial charge in [0.05, 0.1) is 16.4 Å². The minimum Gasteiger partial charge on any atom is -0.362 e. The molecule has 0 aliphatic rings. The van der Waals surface area contributed by atoms with Crippen molar-refractivity contribution >= 4 is 40.4 Å². The van der Waals surface area contributed by atoms with Crippen LogP contribution in [0.5, 0.6) is 0 Å². The lowest BCUT2D eigenvalue weighted by Gasteiger charge is -2.11. The zero-order chi connectivity index (χ0) is 17.7. The zero-order valence-corrected chi connectivity index (χ0v) is 15.6. The van der Waals surface area contributed by atoms with Crippen LogP contribution in [-0.4, -0.2) is 27.2 Å². The van der Waals surface area contributed by atoms with Crippen molar-refractivity contribution in [2.24, 2.45) is 0 Å². The molecule has 0 aliphatic carbocycles. The number of halogens is 1. The summed E-state index contributed by atoms with van der Waals surface area (Å²) >= 11 is 11.4. The fraction of sp³-hybridized carbons (Fsp3) is 0.353. The van der Waals surface area contributed by atoms with Gasteiger partial charge in [0, 0.05) is 24.3 Å². The summed E-state index contributed by atoms with van der Waals surface area (Å²) in [5.41, 5.74) is 3.29. The third-order valence-electron chi connectivity index (χ3n) is 3.65. The van der Waals surface area contributed by atoms with Gasteiger partial charge in [-0.15, -0.1) is 0 Å². The van der Waals surface area contributed by atoms with Crippen molar-refractivity contribution in [1.29, 1.82) is 0 Å². The van der Waals surface area contributed by atoms with Crippen LogP contribution in [0.1, 0.15) is 35.1 Å². The molecule has 2 N–H and O–H groups in total. The van der Waals surface area contributed by atoms with Crippen LogP contribution in [-0.2, 0) is 6.54 Å². The second-order valence-corrected chi connectivity index (χ2v) is 6.37. The van der Waals surface area contributed by atoms with Gasteiger partial charge in [-0.3, -0.25) is 9.48 Å². The Morgan fingerprint density at radius 2 is 2.12 bits per heavy atom. The van der Waals surface area contributed by atoms with E-state index in [1.54, 1.807) is 19.1 Å². The number of benzene rings is 1. The van der Waals surface area contributed by atoms with E-state index in [0.717, 1.165) is 35.1 Å². The summed E-state index contributed by atoms with van der Waals surface area (Å²) in [6, 6.07) is 7.27. The zero-order valence-electron chi connectivity index (χ0n) is 14.0. The minimum atomic E-state index is 0.0288. The van der Waals surface area contributed by atoms with Crippen molar-refractivity contribution in [2.45, 2.75) is 33.7 Å². The number of Topliss-reactive ketones (excluding diaryl/α,β-unsaturated/α-hetero) is 1. The van der Waals surface area contributed by atoms with Crippen LogP contribution in [0.2, 0.25) is 5.02 Å².